The van der Waals surface area contributed by atoms with Gasteiger partial charge in [-0.3, -0.25) is 0 Å². The molecule has 0 saturated heterocycles. The van der Waals surface area contributed by atoms with Gasteiger partial charge < -0.3 is 4.74 Å². The van der Waals surface area contributed by atoms with Gasteiger partial charge in [0.1, 0.15) is 0 Å². The molecule has 0 unspecified atom stereocenters. The van der Waals surface area contributed by atoms with Gasteiger partial charge in [0, 0.05) is 10.6 Å². The lowest BCUT2D eigenvalue weighted by atomic mass is 9.69. The van der Waals surface area contributed by atoms with Crippen LogP contribution in [0.3, 0.4) is 0 Å². The minimum absolute atomic E-state index is 0.161. The topological polar surface area (TPSA) is 26.3 Å². The summed E-state index contributed by atoms with van der Waals surface area (Å²) in [5.41, 5.74) is 3.48. The zero-order chi connectivity index (χ0) is 14.9. The van der Waals surface area contributed by atoms with Crippen molar-refractivity contribution < 1.29 is 9.53 Å². The number of allylic oxidation sites excluding steroid dienone is 1. The Hall–Kier alpha value is -1.28. The van der Waals surface area contributed by atoms with E-state index in [2.05, 4.69) is 0 Å². The van der Waals surface area contributed by atoms with Gasteiger partial charge in [-0.1, -0.05) is 36.6 Å². The third-order valence-corrected chi connectivity index (χ3v) is 5.36. The highest BCUT2D eigenvalue weighted by atomic mass is 35.5. The van der Waals surface area contributed by atoms with Crippen LogP contribution >= 0.6 is 11.6 Å². The monoisotopic (exact) mass is 304 g/mol. The van der Waals surface area contributed by atoms with Gasteiger partial charge >= 0.3 is 5.97 Å². The van der Waals surface area contributed by atoms with Gasteiger partial charge in [0.2, 0.25) is 0 Å². The van der Waals surface area contributed by atoms with Gasteiger partial charge in [0.05, 0.1) is 7.11 Å². The van der Waals surface area contributed by atoms with Gasteiger partial charge in [-0.05, 0) is 60.8 Å². The van der Waals surface area contributed by atoms with Crippen LogP contribution in [0.4, 0.5) is 0 Å². The maximum Gasteiger partial charge on any atom is 0.334 e. The summed E-state index contributed by atoms with van der Waals surface area (Å²) in [4.78, 5) is 12.3. The zero-order valence-electron chi connectivity index (χ0n) is 12.5. The first-order chi connectivity index (χ1) is 10.1. The number of methoxy groups -OCH3 is 1. The van der Waals surface area contributed by atoms with E-state index in [-0.39, 0.29) is 5.97 Å². The summed E-state index contributed by atoms with van der Waals surface area (Å²) in [6.45, 7) is 0. The molecule has 112 valence electrons. The lowest BCUT2D eigenvalue weighted by Crippen LogP contribution is -2.25. The summed E-state index contributed by atoms with van der Waals surface area (Å²) in [6.07, 6.45) is 8.12. The van der Waals surface area contributed by atoms with Crippen molar-refractivity contribution in [1.29, 1.82) is 0 Å². The quantitative estimate of drug-likeness (QED) is 0.718. The molecule has 0 radical (unpaired) electrons. The molecule has 21 heavy (non-hydrogen) atoms. The predicted molar refractivity (Wildman–Crippen MR) is 85.1 cm³/mol. The first kappa shape index (κ1) is 14.6. The SMILES string of the molecule is COC(=O)C1=C(c2ccc(Cl)cc2)CCC2(CCCC2)C1. The van der Waals surface area contributed by atoms with Crippen molar-refractivity contribution in [3.05, 3.63) is 40.4 Å². The highest BCUT2D eigenvalue weighted by Crippen LogP contribution is 2.52. The van der Waals surface area contributed by atoms with E-state index in [1.165, 1.54) is 39.2 Å². The highest BCUT2D eigenvalue weighted by molar-refractivity contribution is 6.30. The molecule has 1 aromatic carbocycles. The highest BCUT2D eigenvalue weighted by Gasteiger charge is 2.40. The molecule has 0 aromatic heterocycles. The van der Waals surface area contributed by atoms with E-state index in [0.29, 0.717) is 5.41 Å². The van der Waals surface area contributed by atoms with Crippen LogP contribution in [-0.2, 0) is 9.53 Å². The first-order valence-electron chi connectivity index (χ1n) is 7.70. The van der Waals surface area contributed by atoms with Crippen LogP contribution < -0.4 is 0 Å². The summed E-state index contributed by atoms with van der Waals surface area (Å²) >= 11 is 5.97. The van der Waals surface area contributed by atoms with Crippen LogP contribution in [0.2, 0.25) is 5.02 Å². The average Bonchev–Trinajstić information content (AvgIpc) is 2.95. The molecular weight excluding hydrogens is 284 g/mol. The summed E-state index contributed by atoms with van der Waals surface area (Å²) < 4.78 is 5.05. The molecule has 2 aliphatic carbocycles. The molecule has 1 fully saturated rings. The summed E-state index contributed by atoms with van der Waals surface area (Å²) in [5, 5.41) is 0.724. The van der Waals surface area contributed by atoms with E-state index in [1.807, 2.05) is 24.3 Å². The molecule has 2 aliphatic rings. The van der Waals surface area contributed by atoms with Crippen molar-refractivity contribution in [2.75, 3.05) is 7.11 Å². The van der Waals surface area contributed by atoms with Gasteiger partial charge in [0.25, 0.3) is 0 Å². The molecule has 0 amide bonds. The zero-order valence-corrected chi connectivity index (χ0v) is 13.2. The van der Waals surface area contributed by atoms with Crippen LogP contribution in [0, 0.1) is 5.41 Å². The van der Waals surface area contributed by atoms with Crippen LogP contribution in [0.1, 0.15) is 50.5 Å². The summed E-state index contributed by atoms with van der Waals surface area (Å²) in [5.74, 6) is -0.161. The molecule has 3 heteroatoms. The molecule has 1 spiro atoms. The Bertz CT molecular complexity index is 565. The smallest absolute Gasteiger partial charge is 0.334 e. The summed E-state index contributed by atoms with van der Waals surface area (Å²) in [6, 6.07) is 7.79. The normalized spacial score (nSPS) is 20.9. The van der Waals surface area contributed by atoms with Gasteiger partial charge in [-0.25, -0.2) is 4.79 Å². The van der Waals surface area contributed by atoms with E-state index in [1.54, 1.807) is 0 Å². The third-order valence-electron chi connectivity index (χ3n) is 5.11. The van der Waals surface area contributed by atoms with Crippen molar-refractivity contribution in [2.45, 2.75) is 44.9 Å². The largest absolute Gasteiger partial charge is 0.466 e. The second-order valence-corrected chi connectivity index (χ2v) is 6.78. The fourth-order valence-corrected chi connectivity index (χ4v) is 4.08. The number of carbonyl (C=O) groups excluding carboxylic acids is 1. The molecule has 1 aromatic rings. The first-order valence-corrected chi connectivity index (χ1v) is 8.08. The van der Waals surface area contributed by atoms with E-state index in [4.69, 9.17) is 16.3 Å². The van der Waals surface area contributed by atoms with Crippen molar-refractivity contribution in [3.63, 3.8) is 0 Å². The Labute approximate surface area is 131 Å². The number of hydrogen-bond donors (Lipinski definition) is 0. The Morgan fingerprint density at radius 3 is 2.43 bits per heavy atom. The lowest BCUT2D eigenvalue weighted by Gasteiger charge is -2.35. The number of esters is 1. The average molecular weight is 305 g/mol. The molecule has 0 heterocycles. The van der Waals surface area contributed by atoms with E-state index in [0.717, 1.165) is 34.6 Å². The molecular formula is C18H21ClO2. The van der Waals surface area contributed by atoms with E-state index in [9.17, 15) is 4.79 Å². The van der Waals surface area contributed by atoms with Crippen LogP contribution in [0.5, 0.6) is 0 Å². The minimum atomic E-state index is -0.161. The van der Waals surface area contributed by atoms with Crippen molar-refractivity contribution in [2.24, 2.45) is 5.41 Å². The van der Waals surface area contributed by atoms with Gasteiger partial charge in [-0.15, -0.1) is 0 Å². The molecule has 0 bridgehead atoms. The van der Waals surface area contributed by atoms with Crippen molar-refractivity contribution in [1.82, 2.24) is 0 Å². The Morgan fingerprint density at radius 1 is 1.14 bits per heavy atom. The van der Waals surface area contributed by atoms with Gasteiger partial charge in [-0.2, -0.15) is 0 Å². The fourth-order valence-electron chi connectivity index (χ4n) is 3.95. The lowest BCUT2D eigenvalue weighted by molar-refractivity contribution is -0.136. The molecule has 1 saturated carbocycles. The Morgan fingerprint density at radius 2 is 1.81 bits per heavy atom. The number of carbonyl (C=O) groups is 1. The second kappa shape index (κ2) is 5.84. The minimum Gasteiger partial charge on any atom is -0.466 e. The Balaban J connectivity index is 1.99. The fraction of sp³-hybridized carbons (Fsp3) is 0.500. The van der Waals surface area contributed by atoms with Crippen molar-refractivity contribution >= 4 is 23.1 Å². The Kier molecular flexibility index (Phi) is 4.08. The number of halogens is 1. The van der Waals surface area contributed by atoms with E-state index >= 15 is 0 Å². The number of ether oxygens (including phenoxy) is 1. The molecule has 0 aliphatic heterocycles. The maximum atomic E-state index is 12.3. The molecule has 0 N–H and O–H groups in total. The van der Waals surface area contributed by atoms with Crippen LogP contribution in [-0.4, -0.2) is 13.1 Å². The standard InChI is InChI=1S/C18H21ClO2/c1-21-17(20)16-12-18(9-2-3-10-18)11-8-15(16)13-4-6-14(19)7-5-13/h4-7H,2-3,8-12H2,1H3. The number of hydrogen-bond acceptors (Lipinski definition) is 2. The summed E-state index contributed by atoms with van der Waals surface area (Å²) in [7, 11) is 1.48. The van der Waals surface area contributed by atoms with Crippen LogP contribution in [0.15, 0.2) is 29.8 Å². The predicted octanol–water partition coefficient (Wildman–Crippen LogP) is 5.01. The van der Waals surface area contributed by atoms with Crippen molar-refractivity contribution in [3.8, 4) is 0 Å². The van der Waals surface area contributed by atoms with Gasteiger partial charge in [0.15, 0.2) is 0 Å². The van der Waals surface area contributed by atoms with E-state index < -0.39 is 0 Å². The molecule has 3 rings (SSSR count). The second-order valence-electron chi connectivity index (χ2n) is 6.34. The number of rotatable bonds is 2. The molecule has 2 nitrogen and oxygen atoms in total. The number of benzene rings is 1. The van der Waals surface area contributed by atoms with Crippen LogP contribution in [0.25, 0.3) is 5.57 Å². The third kappa shape index (κ3) is 2.87. The maximum absolute atomic E-state index is 12.3. The molecule has 0 atom stereocenters.